The van der Waals surface area contributed by atoms with Gasteiger partial charge in [0.25, 0.3) is 0 Å². The minimum absolute atomic E-state index is 0.0852. The molecule has 0 heterocycles. The Morgan fingerprint density at radius 3 is 2.53 bits per heavy atom. The van der Waals surface area contributed by atoms with Crippen molar-refractivity contribution in [3.8, 4) is 0 Å². The van der Waals surface area contributed by atoms with Gasteiger partial charge in [-0.1, -0.05) is 56.0 Å². The molecule has 0 radical (unpaired) electrons. The quantitative estimate of drug-likeness (QED) is 0.767. The zero-order valence-corrected chi connectivity index (χ0v) is 12.8. The maximum atomic E-state index is 11.6. The zero-order valence-electron chi connectivity index (χ0n) is 11.2. The molecule has 104 valence electrons. The summed E-state index contributed by atoms with van der Waals surface area (Å²) >= 11 is 11.7. The van der Waals surface area contributed by atoms with Crippen molar-refractivity contribution in [1.29, 1.82) is 0 Å². The molecule has 1 amide bonds. The fraction of sp³-hybridized carbons (Fsp3) is 0.400. The van der Waals surface area contributed by atoms with Crippen molar-refractivity contribution in [1.82, 2.24) is 5.32 Å². The largest absolute Gasteiger partial charge is 0.352 e. The molecule has 0 saturated heterocycles. The van der Waals surface area contributed by atoms with Crippen molar-refractivity contribution in [2.75, 3.05) is 6.54 Å². The lowest BCUT2D eigenvalue weighted by Gasteiger charge is -2.11. The van der Waals surface area contributed by atoms with Gasteiger partial charge in [0.2, 0.25) is 5.91 Å². The molecule has 1 rings (SSSR count). The summed E-state index contributed by atoms with van der Waals surface area (Å²) in [6, 6.07) is 5.26. The van der Waals surface area contributed by atoms with Crippen molar-refractivity contribution >= 4 is 35.2 Å². The van der Waals surface area contributed by atoms with Gasteiger partial charge in [0.05, 0.1) is 10.0 Å². The third-order valence-electron chi connectivity index (χ3n) is 3.09. The van der Waals surface area contributed by atoms with Gasteiger partial charge in [0.15, 0.2) is 0 Å². The summed E-state index contributed by atoms with van der Waals surface area (Å²) in [5.41, 5.74) is 0.854. The molecule has 0 spiro atoms. The molecule has 1 aromatic carbocycles. The standard InChI is InChI=1S/C15H19Cl2NO/c1-3-11(4-2)10-18-15(19)8-6-12-5-7-13(16)14(17)9-12/h5-9,11H,3-4,10H2,1-2H3,(H,18,19)/b8-6+. The van der Waals surface area contributed by atoms with Crippen LogP contribution in [0.2, 0.25) is 10.0 Å². The second-order valence-electron chi connectivity index (χ2n) is 4.43. The Hall–Kier alpha value is -0.990. The van der Waals surface area contributed by atoms with E-state index < -0.39 is 0 Å². The molecule has 0 aliphatic rings. The minimum Gasteiger partial charge on any atom is -0.352 e. The Balaban J connectivity index is 2.51. The SMILES string of the molecule is CCC(CC)CNC(=O)/C=C/c1ccc(Cl)c(Cl)c1. The molecule has 2 nitrogen and oxygen atoms in total. The van der Waals surface area contributed by atoms with Gasteiger partial charge in [-0.05, 0) is 29.7 Å². The van der Waals surface area contributed by atoms with Gasteiger partial charge in [-0.3, -0.25) is 4.79 Å². The number of amides is 1. The maximum absolute atomic E-state index is 11.6. The van der Waals surface area contributed by atoms with Crippen LogP contribution < -0.4 is 5.32 Å². The van der Waals surface area contributed by atoms with Crippen LogP contribution in [-0.4, -0.2) is 12.5 Å². The van der Waals surface area contributed by atoms with Gasteiger partial charge in [0, 0.05) is 12.6 Å². The molecule has 0 saturated carbocycles. The fourth-order valence-corrected chi connectivity index (χ4v) is 1.98. The summed E-state index contributed by atoms with van der Waals surface area (Å²) in [5.74, 6) is 0.459. The van der Waals surface area contributed by atoms with E-state index in [9.17, 15) is 4.79 Å². The summed E-state index contributed by atoms with van der Waals surface area (Å²) in [5, 5.41) is 3.89. The molecule has 19 heavy (non-hydrogen) atoms. The topological polar surface area (TPSA) is 29.1 Å². The Morgan fingerprint density at radius 2 is 1.95 bits per heavy atom. The average Bonchev–Trinajstić information content (AvgIpc) is 2.41. The second kappa shape index (κ2) is 8.23. The van der Waals surface area contributed by atoms with Crippen LogP contribution in [0.1, 0.15) is 32.3 Å². The number of carbonyl (C=O) groups excluding carboxylic acids is 1. The van der Waals surface area contributed by atoms with Crippen LogP contribution in [-0.2, 0) is 4.79 Å². The van der Waals surface area contributed by atoms with Crippen molar-refractivity contribution in [3.63, 3.8) is 0 Å². The predicted octanol–water partition coefficient (Wildman–Crippen LogP) is 4.56. The summed E-state index contributed by atoms with van der Waals surface area (Å²) in [4.78, 5) is 11.6. The van der Waals surface area contributed by atoms with Crippen molar-refractivity contribution in [2.24, 2.45) is 5.92 Å². The molecule has 1 N–H and O–H groups in total. The predicted molar refractivity (Wildman–Crippen MR) is 82.6 cm³/mol. The van der Waals surface area contributed by atoms with E-state index in [4.69, 9.17) is 23.2 Å². The van der Waals surface area contributed by atoms with Gasteiger partial charge in [-0.25, -0.2) is 0 Å². The first-order valence-corrected chi connectivity index (χ1v) is 7.23. The van der Waals surface area contributed by atoms with Gasteiger partial charge < -0.3 is 5.32 Å². The Labute approximate surface area is 124 Å². The van der Waals surface area contributed by atoms with Crippen LogP contribution in [0, 0.1) is 5.92 Å². The summed E-state index contributed by atoms with van der Waals surface area (Å²) in [7, 11) is 0. The molecule has 4 heteroatoms. The smallest absolute Gasteiger partial charge is 0.244 e. The van der Waals surface area contributed by atoms with Crippen LogP contribution >= 0.6 is 23.2 Å². The monoisotopic (exact) mass is 299 g/mol. The first-order chi connectivity index (χ1) is 9.06. The van der Waals surface area contributed by atoms with Gasteiger partial charge in [-0.2, -0.15) is 0 Å². The van der Waals surface area contributed by atoms with Crippen LogP contribution in [0.4, 0.5) is 0 Å². The first kappa shape index (κ1) is 16.1. The Bertz CT molecular complexity index is 453. The Morgan fingerprint density at radius 1 is 1.26 bits per heavy atom. The normalized spacial score (nSPS) is 11.2. The summed E-state index contributed by atoms with van der Waals surface area (Å²) < 4.78 is 0. The van der Waals surface area contributed by atoms with Crippen LogP contribution in [0.15, 0.2) is 24.3 Å². The van der Waals surface area contributed by atoms with Crippen LogP contribution in [0.5, 0.6) is 0 Å². The van der Waals surface area contributed by atoms with Gasteiger partial charge >= 0.3 is 0 Å². The lowest BCUT2D eigenvalue weighted by Crippen LogP contribution is -2.27. The third kappa shape index (κ3) is 5.66. The maximum Gasteiger partial charge on any atom is 0.244 e. The number of benzene rings is 1. The molecule has 0 bridgehead atoms. The average molecular weight is 300 g/mol. The van der Waals surface area contributed by atoms with E-state index in [0.717, 1.165) is 24.9 Å². The number of carbonyl (C=O) groups is 1. The number of rotatable bonds is 6. The third-order valence-corrected chi connectivity index (χ3v) is 3.83. The van der Waals surface area contributed by atoms with Crippen LogP contribution in [0.3, 0.4) is 0 Å². The minimum atomic E-state index is -0.0852. The fourth-order valence-electron chi connectivity index (χ4n) is 1.67. The van der Waals surface area contributed by atoms with Crippen molar-refractivity contribution in [2.45, 2.75) is 26.7 Å². The first-order valence-electron chi connectivity index (χ1n) is 6.47. The summed E-state index contributed by atoms with van der Waals surface area (Å²) in [6.07, 6.45) is 5.40. The molecule has 0 fully saturated rings. The van der Waals surface area contributed by atoms with E-state index in [2.05, 4.69) is 19.2 Å². The van der Waals surface area contributed by atoms with E-state index in [1.54, 1.807) is 18.2 Å². The van der Waals surface area contributed by atoms with E-state index in [-0.39, 0.29) is 5.91 Å². The van der Waals surface area contributed by atoms with Crippen LogP contribution in [0.25, 0.3) is 6.08 Å². The Kier molecular flexibility index (Phi) is 6.96. The lowest BCUT2D eigenvalue weighted by atomic mass is 10.0. The van der Waals surface area contributed by atoms with Gasteiger partial charge in [0.1, 0.15) is 0 Å². The van der Waals surface area contributed by atoms with Crippen molar-refractivity contribution in [3.05, 3.63) is 39.9 Å². The number of nitrogens with one attached hydrogen (secondary N) is 1. The second-order valence-corrected chi connectivity index (χ2v) is 5.25. The molecular weight excluding hydrogens is 281 g/mol. The number of hydrogen-bond acceptors (Lipinski definition) is 1. The molecule has 0 atom stereocenters. The highest BCUT2D eigenvalue weighted by Crippen LogP contribution is 2.23. The number of halogens is 2. The zero-order chi connectivity index (χ0) is 14.3. The van der Waals surface area contributed by atoms with E-state index in [1.807, 2.05) is 6.07 Å². The molecular formula is C15H19Cl2NO. The highest BCUT2D eigenvalue weighted by Gasteiger charge is 2.04. The molecule has 0 aromatic heterocycles. The lowest BCUT2D eigenvalue weighted by molar-refractivity contribution is -0.116. The van der Waals surface area contributed by atoms with Gasteiger partial charge in [-0.15, -0.1) is 0 Å². The van der Waals surface area contributed by atoms with E-state index >= 15 is 0 Å². The molecule has 0 aliphatic heterocycles. The summed E-state index contributed by atoms with van der Waals surface area (Å²) in [6.45, 7) is 4.98. The number of hydrogen-bond donors (Lipinski definition) is 1. The van der Waals surface area contributed by atoms with E-state index in [1.165, 1.54) is 6.08 Å². The van der Waals surface area contributed by atoms with E-state index in [0.29, 0.717) is 16.0 Å². The molecule has 1 aromatic rings. The van der Waals surface area contributed by atoms with Crippen molar-refractivity contribution < 1.29 is 4.79 Å². The highest BCUT2D eigenvalue weighted by atomic mass is 35.5. The molecule has 0 aliphatic carbocycles. The molecule has 0 unspecified atom stereocenters. The highest BCUT2D eigenvalue weighted by molar-refractivity contribution is 6.42.